The predicted octanol–water partition coefficient (Wildman–Crippen LogP) is 1.55. The van der Waals surface area contributed by atoms with Gasteiger partial charge in [-0.25, -0.2) is 0 Å². The minimum atomic E-state index is -0.114. The number of phenolic OH excluding ortho intramolecular Hbond substituents is 1. The number of likely N-dealkylation sites (tertiary alicyclic amines) is 1. The molecule has 2 N–H and O–H groups in total. The summed E-state index contributed by atoms with van der Waals surface area (Å²) < 4.78 is 0. The van der Waals surface area contributed by atoms with Crippen molar-refractivity contribution in [3.8, 4) is 5.75 Å². The zero-order valence-electron chi connectivity index (χ0n) is 10.6. The summed E-state index contributed by atoms with van der Waals surface area (Å²) in [5.74, 6) is 0.304. The molecule has 1 heterocycles. The van der Waals surface area contributed by atoms with Crippen molar-refractivity contribution in [2.45, 2.75) is 19.8 Å². The third kappa shape index (κ3) is 2.64. The fourth-order valence-electron chi connectivity index (χ4n) is 2.43. The van der Waals surface area contributed by atoms with Crippen LogP contribution in [0.4, 0.5) is 0 Å². The van der Waals surface area contributed by atoms with Gasteiger partial charge < -0.3 is 15.1 Å². The summed E-state index contributed by atoms with van der Waals surface area (Å²) in [6.07, 6.45) is 1.67. The van der Waals surface area contributed by atoms with Gasteiger partial charge in [-0.1, -0.05) is 11.6 Å². The molecule has 0 saturated carbocycles. The largest absolute Gasteiger partial charge is 0.507 e. The number of amides is 1. The number of benzene rings is 1. The molecule has 1 unspecified atom stereocenters. The molecule has 1 aromatic carbocycles. The standard InChI is InChI=1S/C14H19NO3/c1-10-2-3-13(17)12(8-10)14(18)15-6-4-11(9-15)5-7-16/h2-3,8,11,16-17H,4-7,9H2,1H3. The van der Waals surface area contributed by atoms with Crippen molar-refractivity contribution in [2.75, 3.05) is 19.7 Å². The molecular weight excluding hydrogens is 230 g/mol. The molecule has 98 valence electrons. The first kappa shape index (κ1) is 12.9. The van der Waals surface area contributed by atoms with Crippen LogP contribution in [-0.2, 0) is 0 Å². The zero-order valence-corrected chi connectivity index (χ0v) is 10.6. The van der Waals surface area contributed by atoms with E-state index in [4.69, 9.17) is 5.11 Å². The van der Waals surface area contributed by atoms with E-state index in [0.717, 1.165) is 18.4 Å². The Morgan fingerprint density at radius 3 is 3.00 bits per heavy atom. The highest BCUT2D eigenvalue weighted by Gasteiger charge is 2.27. The van der Waals surface area contributed by atoms with Crippen LogP contribution < -0.4 is 0 Å². The van der Waals surface area contributed by atoms with E-state index < -0.39 is 0 Å². The molecular formula is C14H19NO3. The molecule has 0 aromatic heterocycles. The van der Waals surface area contributed by atoms with E-state index in [1.165, 1.54) is 0 Å². The number of aliphatic hydroxyl groups is 1. The van der Waals surface area contributed by atoms with Crippen molar-refractivity contribution >= 4 is 5.91 Å². The van der Waals surface area contributed by atoms with Crippen molar-refractivity contribution in [3.05, 3.63) is 29.3 Å². The van der Waals surface area contributed by atoms with Gasteiger partial charge in [0.25, 0.3) is 5.91 Å². The number of aromatic hydroxyl groups is 1. The maximum atomic E-state index is 12.3. The lowest BCUT2D eigenvalue weighted by Crippen LogP contribution is -2.28. The first-order valence-electron chi connectivity index (χ1n) is 6.31. The summed E-state index contributed by atoms with van der Waals surface area (Å²) in [7, 11) is 0. The number of hydrogen-bond acceptors (Lipinski definition) is 3. The van der Waals surface area contributed by atoms with E-state index in [1.807, 2.05) is 6.92 Å². The molecule has 1 aliphatic heterocycles. The van der Waals surface area contributed by atoms with Crippen LogP contribution in [0, 0.1) is 12.8 Å². The molecule has 1 aliphatic rings. The molecule has 0 aliphatic carbocycles. The summed E-state index contributed by atoms with van der Waals surface area (Å²) >= 11 is 0. The highest BCUT2D eigenvalue weighted by Crippen LogP contribution is 2.25. The van der Waals surface area contributed by atoms with E-state index in [9.17, 15) is 9.90 Å². The van der Waals surface area contributed by atoms with Gasteiger partial charge >= 0.3 is 0 Å². The number of phenols is 1. The lowest BCUT2D eigenvalue weighted by molar-refractivity contribution is 0.0781. The van der Waals surface area contributed by atoms with E-state index in [-0.39, 0.29) is 18.3 Å². The average Bonchev–Trinajstić information content (AvgIpc) is 2.80. The monoisotopic (exact) mass is 249 g/mol. The Bertz CT molecular complexity index is 445. The van der Waals surface area contributed by atoms with Crippen LogP contribution in [0.3, 0.4) is 0 Å². The highest BCUT2D eigenvalue weighted by atomic mass is 16.3. The van der Waals surface area contributed by atoms with E-state index >= 15 is 0 Å². The van der Waals surface area contributed by atoms with Gasteiger partial charge in [0.15, 0.2) is 0 Å². The van der Waals surface area contributed by atoms with E-state index in [2.05, 4.69) is 0 Å². The fourth-order valence-corrected chi connectivity index (χ4v) is 2.43. The van der Waals surface area contributed by atoms with Gasteiger partial charge in [0.05, 0.1) is 5.56 Å². The fraction of sp³-hybridized carbons (Fsp3) is 0.500. The minimum Gasteiger partial charge on any atom is -0.507 e. The molecule has 0 radical (unpaired) electrons. The highest BCUT2D eigenvalue weighted by molar-refractivity contribution is 5.97. The summed E-state index contributed by atoms with van der Waals surface area (Å²) in [4.78, 5) is 14.0. The van der Waals surface area contributed by atoms with Gasteiger partial charge in [-0.3, -0.25) is 4.79 Å². The predicted molar refractivity (Wildman–Crippen MR) is 68.6 cm³/mol. The lowest BCUT2D eigenvalue weighted by Gasteiger charge is -2.17. The Labute approximate surface area is 107 Å². The zero-order chi connectivity index (χ0) is 13.1. The van der Waals surface area contributed by atoms with E-state index in [0.29, 0.717) is 24.6 Å². The molecule has 1 aromatic rings. The summed E-state index contributed by atoms with van der Waals surface area (Å²) in [6, 6.07) is 5.06. The van der Waals surface area contributed by atoms with Crippen molar-refractivity contribution in [3.63, 3.8) is 0 Å². The number of aryl methyl sites for hydroxylation is 1. The summed E-state index contributed by atoms with van der Waals surface area (Å²) in [5, 5.41) is 18.7. The van der Waals surface area contributed by atoms with Gasteiger partial charge in [-0.15, -0.1) is 0 Å². The number of rotatable bonds is 3. The van der Waals surface area contributed by atoms with Crippen LogP contribution in [0.25, 0.3) is 0 Å². The van der Waals surface area contributed by atoms with Crippen LogP contribution >= 0.6 is 0 Å². The number of carbonyl (C=O) groups excluding carboxylic acids is 1. The average molecular weight is 249 g/mol. The number of carbonyl (C=O) groups is 1. The molecule has 1 amide bonds. The summed E-state index contributed by atoms with van der Waals surface area (Å²) in [5.41, 5.74) is 1.34. The molecule has 1 fully saturated rings. The number of aliphatic hydroxyl groups excluding tert-OH is 1. The molecule has 1 atom stereocenters. The van der Waals surface area contributed by atoms with Crippen molar-refractivity contribution in [1.82, 2.24) is 4.90 Å². The molecule has 0 bridgehead atoms. The van der Waals surface area contributed by atoms with Gasteiger partial charge in [0, 0.05) is 19.7 Å². The van der Waals surface area contributed by atoms with E-state index in [1.54, 1.807) is 23.1 Å². The SMILES string of the molecule is Cc1ccc(O)c(C(=O)N2CCC(CCO)C2)c1. The Morgan fingerprint density at radius 2 is 2.28 bits per heavy atom. The topological polar surface area (TPSA) is 60.8 Å². The molecule has 18 heavy (non-hydrogen) atoms. The first-order valence-corrected chi connectivity index (χ1v) is 6.31. The van der Waals surface area contributed by atoms with Crippen molar-refractivity contribution in [2.24, 2.45) is 5.92 Å². The quantitative estimate of drug-likeness (QED) is 0.854. The third-order valence-corrected chi connectivity index (χ3v) is 3.49. The number of nitrogens with zero attached hydrogens (tertiary/aromatic N) is 1. The van der Waals surface area contributed by atoms with Gasteiger partial charge in [0.2, 0.25) is 0 Å². The summed E-state index contributed by atoms with van der Waals surface area (Å²) in [6.45, 7) is 3.45. The van der Waals surface area contributed by atoms with Crippen molar-refractivity contribution < 1.29 is 15.0 Å². The van der Waals surface area contributed by atoms with Crippen LogP contribution in [0.2, 0.25) is 0 Å². The van der Waals surface area contributed by atoms with Gasteiger partial charge in [-0.05, 0) is 37.8 Å². The second-order valence-electron chi connectivity index (χ2n) is 4.94. The third-order valence-electron chi connectivity index (χ3n) is 3.49. The minimum absolute atomic E-state index is 0.0382. The number of hydrogen-bond donors (Lipinski definition) is 2. The molecule has 0 spiro atoms. The first-order chi connectivity index (χ1) is 8.61. The molecule has 4 nitrogen and oxygen atoms in total. The second kappa shape index (κ2) is 5.40. The van der Waals surface area contributed by atoms with Crippen LogP contribution in [0.15, 0.2) is 18.2 Å². The van der Waals surface area contributed by atoms with Gasteiger partial charge in [0.1, 0.15) is 5.75 Å². The second-order valence-corrected chi connectivity index (χ2v) is 4.94. The molecule has 2 rings (SSSR count). The normalized spacial score (nSPS) is 19.2. The maximum Gasteiger partial charge on any atom is 0.257 e. The smallest absolute Gasteiger partial charge is 0.257 e. The Kier molecular flexibility index (Phi) is 3.87. The Morgan fingerprint density at radius 1 is 1.50 bits per heavy atom. The Balaban J connectivity index is 2.10. The Hall–Kier alpha value is -1.55. The molecule has 1 saturated heterocycles. The van der Waals surface area contributed by atoms with Crippen molar-refractivity contribution in [1.29, 1.82) is 0 Å². The van der Waals surface area contributed by atoms with Crippen LogP contribution in [0.5, 0.6) is 5.75 Å². The maximum absolute atomic E-state index is 12.3. The van der Waals surface area contributed by atoms with Crippen LogP contribution in [0.1, 0.15) is 28.8 Å². The lowest BCUT2D eigenvalue weighted by atomic mass is 10.1. The van der Waals surface area contributed by atoms with Crippen LogP contribution in [-0.4, -0.2) is 40.7 Å². The molecule has 4 heteroatoms. The van der Waals surface area contributed by atoms with Gasteiger partial charge in [-0.2, -0.15) is 0 Å².